The number of aliphatic hydroxyl groups is 1. The number of hydrogen-bond acceptors (Lipinski definition) is 26. The van der Waals surface area contributed by atoms with Gasteiger partial charge < -0.3 is 73.8 Å². The topological polar surface area (TPSA) is 313 Å². The van der Waals surface area contributed by atoms with Gasteiger partial charge >= 0.3 is 0 Å². The number of carbonyl (C=O) groups is 1. The Labute approximate surface area is 708 Å². The highest BCUT2D eigenvalue weighted by atomic mass is 16.5. The smallest absolute Gasteiger partial charge is 0.248 e. The van der Waals surface area contributed by atoms with E-state index in [9.17, 15) is 4.79 Å². The molecule has 1 aliphatic heterocycles. The van der Waals surface area contributed by atoms with Gasteiger partial charge in [-0.15, -0.1) is 0 Å². The lowest BCUT2D eigenvalue weighted by atomic mass is 10.2. The Morgan fingerprint density at radius 1 is 0.443 bits per heavy atom. The van der Waals surface area contributed by atoms with Gasteiger partial charge in [0.25, 0.3) is 0 Å². The van der Waals surface area contributed by atoms with Crippen molar-refractivity contribution >= 4 is 73.1 Å². The van der Waals surface area contributed by atoms with Crippen LogP contribution >= 0.6 is 0 Å². The van der Waals surface area contributed by atoms with Gasteiger partial charge in [-0.05, 0) is 104 Å². The molecule has 122 heavy (non-hydrogen) atoms. The van der Waals surface area contributed by atoms with E-state index in [0.29, 0.717) is 64.8 Å². The monoisotopic (exact) mass is 1640 g/mol. The highest BCUT2D eigenvalue weighted by Gasteiger charge is 2.21. The quantitative estimate of drug-likeness (QED) is 0.0352. The molecule has 1 saturated heterocycles. The van der Waals surface area contributed by atoms with Gasteiger partial charge in [0, 0.05) is 227 Å². The van der Waals surface area contributed by atoms with Gasteiger partial charge in [0.15, 0.2) is 0 Å². The van der Waals surface area contributed by atoms with Crippen molar-refractivity contribution < 1.29 is 43.1 Å². The molecule has 626 valence electrons. The van der Waals surface area contributed by atoms with E-state index in [1.54, 1.807) is 120 Å². The van der Waals surface area contributed by atoms with Gasteiger partial charge in [0.2, 0.25) is 5.91 Å². The number of aromatic nitrogens is 14. The number of nitrogens with zero attached hydrogens (tertiary/aromatic N) is 19. The number of nitrogens with two attached hydrogens (primary N) is 1. The third kappa shape index (κ3) is 22.5. The molecular formula is C92H99N21O9. The second-order valence-corrected chi connectivity index (χ2v) is 28.8. The zero-order valence-electron chi connectivity index (χ0n) is 70.3. The molecule has 0 atom stereocenters. The summed E-state index contributed by atoms with van der Waals surface area (Å²) in [4.78, 5) is 60.0. The second-order valence-electron chi connectivity index (χ2n) is 28.8. The number of piperazine rings is 1. The Bertz CT molecular complexity index is 5980. The number of anilines is 6. The first kappa shape index (κ1) is 85.6. The number of fused-ring (bicyclic) bond motifs is 3. The second kappa shape index (κ2) is 41.4. The number of carbonyl (C=O) groups excluding carboxylic acids is 1. The molecule has 6 aromatic carbocycles. The summed E-state index contributed by atoms with van der Waals surface area (Å²) in [6, 6.07) is 42.4. The van der Waals surface area contributed by atoms with E-state index in [1.165, 1.54) is 6.20 Å². The number of pyridine rings is 2. The van der Waals surface area contributed by atoms with E-state index >= 15 is 0 Å². The van der Waals surface area contributed by atoms with Gasteiger partial charge in [-0.1, -0.05) is 25.7 Å². The van der Waals surface area contributed by atoms with Crippen molar-refractivity contribution in [1.82, 2.24) is 84.3 Å². The largest absolute Gasteiger partial charge is 0.497 e. The summed E-state index contributed by atoms with van der Waals surface area (Å²) in [5, 5.41) is 25.7. The van der Waals surface area contributed by atoms with E-state index in [1.807, 2.05) is 139 Å². The van der Waals surface area contributed by atoms with Crippen molar-refractivity contribution in [3.63, 3.8) is 0 Å². The summed E-state index contributed by atoms with van der Waals surface area (Å²) in [5.41, 5.74) is 21.9. The van der Waals surface area contributed by atoms with Crippen LogP contribution in [-0.4, -0.2) is 218 Å². The first-order chi connectivity index (χ1) is 59.4. The van der Waals surface area contributed by atoms with Crippen LogP contribution in [0.3, 0.4) is 0 Å². The number of rotatable bonds is 30. The Balaban J connectivity index is 0.000000158. The predicted octanol–water partition coefficient (Wildman–Crippen LogP) is 12.4. The first-order valence-electron chi connectivity index (χ1n) is 39.8. The van der Waals surface area contributed by atoms with Crippen LogP contribution in [-0.2, 0) is 20.6 Å². The van der Waals surface area contributed by atoms with Crippen molar-refractivity contribution in [1.29, 1.82) is 0 Å². The van der Waals surface area contributed by atoms with Crippen molar-refractivity contribution in [2.75, 3.05) is 137 Å². The molecule has 0 bridgehead atoms. The molecule has 30 nitrogen and oxygen atoms in total. The minimum absolute atomic E-state index is 0.271. The molecule has 0 aliphatic carbocycles. The lowest BCUT2D eigenvalue weighted by Gasteiger charge is -2.34. The van der Waals surface area contributed by atoms with Crippen LogP contribution in [0.2, 0.25) is 0 Å². The number of methoxy groups -OCH3 is 7. The normalized spacial score (nSPS) is 11.9. The predicted molar refractivity (Wildman–Crippen MR) is 474 cm³/mol. The fourth-order valence-electron chi connectivity index (χ4n) is 13.7. The zero-order valence-corrected chi connectivity index (χ0v) is 70.3. The fraction of sp³-hybridized carbons (Fsp3) is 0.283. The number of hydrogen-bond donors (Lipinski definition) is 3. The summed E-state index contributed by atoms with van der Waals surface area (Å²) >= 11 is 0. The average Bonchev–Trinajstić information content (AvgIpc) is 1.13. The molecule has 1 amide bonds. The molecule has 8 aromatic heterocycles. The maximum atomic E-state index is 11.5. The van der Waals surface area contributed by atoms with Crippen molar-refractivity contribution in [2.45, 2.75) is 39.3 Å². The maximum absolute atomic E-state index is 11.5. The van der Waals surface area contributed by atoms with Gasteiger partial charge in [-0.2, -0.15) is 15.3 Å². The third-order valence-corrected chi connectivity index (χ3v) is 20.2. The number of benzene rings is 6. The summed E-state index contributed by atoms with van der Waals surface area (Å²) < 4.78 is 44.0. The summed E-state index contributed by atoms with van der Waals surface area (Å²) in [7, 11) is 15.1. The number of amides is 1. The minimum Gasteiger partial charge on any atom is -0.497 e. The van der Waals surface area contributed by atoms with Gasteiger partial charge in [-0.25, -0.2) is 24.9 Å². The molecule has 14 aromatic rings. The molecule has 0 radical (unpaired) electrons. The van der Waals surface area contributed by atoms with Gasteiger partial charge in [-0.3, -0.25) is 33.8 Å². The summed E-state index contributed by atoms with van der Waals surface area (Å²) in [5.74, 6) is 16.8. The standard InChI is InChI=1S/C34H48N8O3.C29H25N7O3.C29H26N6O3/c1-26(2)35-9-13-42(29-19-30(44-3)22-31(20-29)45-4)28-7-8-32-33(21-28)38-34(24-36-32)27-23-37-41(25-27)12-5-10-39-14-16-40(17-15-39)11-6-18-43;1-35-18-20(16-33-35)28-17-32-26-7-6-22(14-27(26)34-28)36(23-12-24(38-2)15-25(13-23)39-3)10-4-5-21-11-19(29(30)37)8-9-31-21;1-34-19-20(17-32-34)29-18-31-27-8-7-22(15-28(27)33-29)35(23-13-25(37-3)16-26(14-23)38-4)11-5-6-21-12-24(36-2)9-10-30-21/h7-8,19-26,35,43H,5-6,9-18H2,1-4H3;6-9,11-18H,10H2,1-3H3,(H2,30,37);7-10,12-19H,11H2,1-4H3. The fourth-order valence-corrected chi connectivity index (χ4v) is 13.7. The van der Waals surface area contributed by atoms with Crippen molar-refractivity contribution in [3.05, 3.63) is 219 Å². The highest BCUT2D eigenvalue weighted by molar-refractivity contribution is 5.93. The van der Waals surface area contributed by atoms with E-state index in [-0.39, 0.29) is 6.61 Å². The van der Waals surface area contributed by atoms with Crippen LogP contribution in [0.1, 0.15) is 48.4 Å². The Morgan fingerprint density at radius 2 is 0.844 bits per heavy atom. The molecule has 9 heterocycles. The lowest BCUT2D eigenvalue weighted by molar-refractivity contribution is 0.1000. The number of primary amides is 1. The van der Waals surface area contributed by atoms with E-state index < -0.39 is 5.91 Å². The molecule has 0 spiro atoms. The zero-order chi connectivity index (χ0) is 85.4. The van der Waals surface area contributed by atoms with Crippen LogP contribution < -0.4 is 58.9 Å². The Kier molecular flexibility index (Phi) is 29.0. The summed E-state index contributed by atoms with van der Waals surface area (Å²) in [6.07, 6.45) is 21.7. The third-order valence-electron chi connectivity index (χ3n) is 20.2. The van der Waals surface area contributed by atoms with Crippen LogP contribution in [0.25, 0.3) is 66.9 Å². The number of aryl methyl sites for hydroxylation is 3. The van der Waals surface area contributed by atoms with Crippen molar-refractivity contribution in [3.8, 4) is 97.7 Å². The van der Waals surface area contributed by atoms with Crippen LogP contribution in [0.15, 0.2) is 202 Å². The van der Waals surface area contributed by atoms with Gasteiger partial charge in [0.1, 0.15) is 51.6 Å². The molecule has 30 heteroatoms. The maximum Gasteiger partial charge on any atom is 0.248 e. The van der Waals surface area contributed by atoms with Crippen molar-refractivity contribution in [2.24, 2.45) is 19.8 Å². The molecule has 1 aliphatic rings. The Morgan fingerprint density at radius 3 is 1.25 bits per heavy atom. The molecule has 4 N–H and O–H groups in total. The minimum atomic E-state index is -0.534. The van der Waals surface area contributed by atoms with Gasteiger partial charge in [0.05, 0.1) is 150 Å². The number of nitrogens with one attached hydrogen (secondary N) is 1. The SMILES string of the molecule is COc1cc(OC)cc(N(CC#Cc2cc(C(N)=O)ccn2)c2ccc3ncc(-c4cnn(C)c4)nc3c2)c1.COc1cc(OC)cc(N(CC#Cc2cc(OC)ccn2)c2ccc3ncc(-c4cnn(C)c4)nc3c2)c1.COc1cc(OC)cc(N(CCNC(C)C)c2ccc3ncc(-c4cnn(CCCN5CCN(CCCO)CC5)c4)nc3c2)c1. The van der Waals surface area contributed by atoms with E-state index in [2.05, 4.69) is 116 Å². The van der Waals surface area contributed by atoms with Crippen LogP contribution in [0.4, 0.5) is 34.1 Å². The first-order valence-corrected chi connectivity index (χ1v) is 39.8. The molecule has 0 saturated carbocycles. The lowest BCUT2D eigenvalue weighted by Crippen LogP contribution is -2.46. The number of aliphatic hydroxyl groups excluding tert-OH is 1. The van der Waals surface area contributed by atoms with E-state index in [0.717, 1.165) is 184 Å². The van der Waals surface area contributed by atoms with Crippen LogP contribution in [0.5, 0.6) is 40.2 Å². The highest BCUT2D eigenvalue weighted by Crippen LogP contribution is 2.38. The average molecular weight is 1640 g/mol. The van der Waals surface area contributed by atoms with Crippen LogP contribution in [0, 0.1) is 23.7 Å². The molecular weight excluding hydrogens is 1540 g/mol. The molecule has 15 rings (SSSR count). The number of ether oxygens (including phenoxy) is 7. The molecule has 1 fully saturated rings. The molecule has 0 unspecified atom stereocenters. The van der Waals surface area contributed by atoms with E-state index in [4.69, 9.17) is 63.9 Å². The Hall–Kier alpha value is -14.3. The summed E-state index contributed by atoms with van der Waals surface area (Å²) in [6.45, 7) is 14.0.